The Morgan fingerprint density at radius 1 is 1.27 bits per heavy atom. The van der Waals surface area contributed by atoms with Crippen LogP contribution in [0.4, 0.5) is 11.6 Å². The Labute approximate surface area is 151 Å². The third kappa shape index (κ3) is 2.68. The number of nitrogens with one attached hydrogen (secondary N) is 1. The molecule has 5 rings (SSSR count). The molecule has 2 fully saturated rings. The number of anilines is 2. The van der Waals surface area contributed by atoms with E-state index in [-0.39, 0.29) is 6.04 Å². The summed E-state index contributed by atoms with van der Waals surface area (Å²) in [7, 11) is 0. The van der Waals surface area contributed by atoms with Crippen molar-refractivity contribution in [3.05, 3.63) is 30.1 Å². The lowest BCUT2D eigenvalue weighted by atomic mass is 10.1. The molecule has 0 aromatic carbocycles. The van der Waals surface area contributed by atoms with Gasteiger partial charge in [-0.25, -0.2) is 15.0 Å². The largest absolute Gasteiger partial charge is 0.384 e. The molecule has 0 spiro atoms. The van der Waals surface area contributed by atoms with Gasteiger partial charge < -0.3 is 20.4 Å². The van der Waals surface area contributed by atoms with Gasteiger partial charge in [0.15, 0.2) is 5.82 Å². The van der Waals surface area contributed by atoms with Gasteiger partial charge in [0.2, 0.25) is 0 Å². The van der Waals surface area contributed by atoms with Gasteiger partial charge in [0.1, 0.15) is 17.3 Å². The summed E-state index contributed by atoms with van der Waals surface area (Å²) in [5, 5.41) is 1.06. The van der Waals surface area contributed by atoms with Gasteiger partial charge in [-0.05, 0) is 37.8 Å². The fraction of sp³-hybridized carbons (Fsp3) is 0.421. The molecule has 0 bridgehead atoms. The van der Waals surface area contributed by atoms with E-state index in [0.29, 0.717) is 30.8 Å². The smallest absolute Gasteiger partial charge is 0.164 e. The zero-order valence-corrected chi connectivity index (χ0v) is 14.8. The Morgan fingerprint density at radius 3 is 2.96 bits per heavy atom. The lowest BCUT2D eigenvalue weighted by molar-refractivity contribution is 0.0985. The Kier molecular flexibility index (Phi) is 3.56. The molecule has 1 atom stereocenters. The van der Waals surface area contributed by atoms with Crippen LogP contribution in [0.1, 0.15) is 31.4 Å². The van der Waals surface area contributed by atoms with E-state index in [2.05, 4.69) is 32.8 Å². The second-order valence-electron chi connectivity index (χ2n) is 7.21. The van der Waals surface area contributed by atoms with Gasteiger partial charge >= 0.3 is 0 Å². The van der Waals surface area contributed by atoms with Crippen molar-refractivity contribution < 1.29 is 4.74 Å². The van der Waals surface area contributed by atoms with Crippen molar-refractivity contribution >= 4 is 22.7 Å². The minimum Gasteiger partial charge on any atom is -0.384 e. The maximum atomic E-state index is 6.12. The first-order valence-corrected chi connectivity index (χ1v) is 9.16. The number of rotatable bonds is 3. The highest BCUT2D eigenvalue weighted by atomic mass is 16.5. The monoisotopic (exact) mass is 350 g/mol. The number of nitrogen functional groups attached to an aromatic ring is 1. The number of aromatic nitrogens is 4. The standard InChI is InChI=1S/C19H22N6O/c1-11-10-26-7-6-25(11)17-9-16(20)23-19(24-17)13-4-5-21-18-14(13)8-15(22-18)12-2-3-12/h4-5,8-9,11-12H,2-3,6-7,10H2,1H3,(H,21,22)(H2,20,23,24). The SMILES string of the molecule is CC1COCCN1c1cc(N)nc(-c2ccnc3[nH]c(C4CC4)cc23)n1. The molecule has 0 radical (unpaired) electrons. The summed E-state index contributed by atoms with van der Waals surface area (Å²) in [4.78, 5) is 19.5. The first-order valence-electron chi connectivity index (χ1n) is 9.16. The predicted molar refractivity (Wildman–Crippen MR) is 101 cm³/mol. The van der Waals surface area contributed by atoms with Crippen molar-refractivity contribution in [3.63, 3.8) is 0 Å². The highest BCUT2D eigenvalue weighted by Crippen LogP contribution is 2.41. The van der Waals surface area contributed by atoms with Gasteiger partial charge in [-0.1, -0.05) is 0 Å². The quantitative estimate of drug-likeness (QED) is 0.754. The molecule has 1 aliphatic heterocycles. The maximum absolute atomic E-state index is 6.12. The summed E-state index contributed by atoms with van der Waals surface area (Å²) in [5.74, 6) is 2.62. The zero-order chi connectivity index (χ0) is 17.7. The summed E-state index contributed by atoms with van der Waals surface area (Å²) in [6.45, 7) is 4.33. The van der Waals surface area contributed by atoms with Gasteiger partial charge in [-0.2, -0.15) is 0 Å². The summed E-state index contributed by atoms with van der Waals surface area (Å²) in [6, 6.07) is 6.26. The minimum atomic E-state index is 0.261. The zero-order valence-electron chi connectivity index (χ0n) is 14.8. The second kappa shape index (κ2) is 5.95. The molecule has 7 heteroatoms. The van der Waals surface area contributed by atoms with Crippen molar-refractivity contribution in [1.82, 2.24) is 19.9 Å². The number of ether oxygens (including phenoxy) is 1. The first kappa shape index (κ1) is 15.6. The molecule has 3 aromatic rings. The van der Waals surface area contributed by atoms with Crippen LogP contribution in [0, 0.1) is 0 Å². The molecule has 134 valence electrons. The number of nitrogens with two attached hydrogens (primary N) is 1. The number of morpholine rings is 1. The van der Waals surface area contributed by atoms with E-state index in [4.69, 9.17) is 15.5 Å². The fourth-order valence-electron chi connectivity index (χ4n) is 3.64. The molecule has 3 N–H and O–H groups in total. The average Bonchev–Trinajstić information content (AvgIpc) is 3.40. The average molecular weight is 350 g/mol. The van der Waals surface area contributed by atoms with Crippen LogP contribution in [0.25, 0.3) is 22.4 Å². The van der Waals surface area contributed by atoms with Crippen molar-refractivity contribution in [3.8, 4) is 11.4 Å². The van der Waals surface area contributed by atoms with Crippen LogP contribution in [-0.4, -0.2) is 45.7 Å². The number of aromatic amines is 1. The summed E-state index contributed by atoms with van der Waals surface area (Å²) >= 11 is 0. The number of hydrogen-bond donors (Lipinski definition) is 2. The Balaban J connectivity index is 1.60. The van der Waals surface area contributed by atoms with Gasteiger partial charge in [0.25, 0.3) is 0 Å². The summed E-state index contributed by atoms with van der Waals surface area (Å²) < 4.78 is 5.54. The minimum absolute atomic E-state index is 0.261. The Bertz CT molecular complexity index is 964. The Morgan fingerprint density at radius 2 is 2.15 bits per heavy atom. The number of pyridine rings is 1. The molecule has 3 aromatic heterocycles. The second-order valence-corrected chi connectivity index (χ2v) is 7.21. The number of hydrogen-bond acceptors (Lipinski definition) is 6. The number of fused-ring (bicyclic) bond motifs is 1. The molecule has 7 nitrogen and oxygen atoms in total. The van der Waals surface area contributed by atoms with E-state index in [1.165, 1.54) is 18.5 Å². The predicted octanol–water partition coefficient (Wildman–Crippen LogP) is 2.70. The van der Waals surface area contributed by atoms with E-state index in [1.807, 2.05) is 12.1 Å². The Hall–Kier alpha value is -2.67. The van der Waals surface area contributed by atoms with Gasteiger partial charge in [-0.15, -0.1) is 0 Å². The van der Waals surface area contributed by atoms with Crippen LogP contribution in [0.2, 0.25) is 0 Å². The molecular formula is C19H22N6O. The van der Waals surface area contributed by atoms with E-state index < -0.39 is 0 Å². The molecule has 1 aliphatic carbocycles. The molecule has 4 heterocycles. The van der Waals surface area contributed by atoms with E-state index in [0.717, 1.165) is 29.0 Å². The van der Waals surface area contributed by atoms with Crippen molar-refractivity contribution in [2.24, 2.45) is 0 Å². The molecule has 26 heavy (non-hydrogen) atoms. The highest BCUT2D eigenvalue weighted by Gasteiger charge is 2.26. The van der Waals surface area contributed by atoms with Crippen molar-refractivity contribution in [1.29, 1.82) is 0 Å². The fourth-order valence-corrected chi connectivity index (χ4v) is 3.64. The first-order chi connectivity index (χ1) is 12.7. The van der Waals surface area contributed by atoms with Gasteiger partial charge in [0.05, 0.1) is 19.3 Å². The maximum Gasteiger partial charge on any atom is 0.164 e. The number of nitrogens with zero attached hydrogens (tertiary/aromatic N) is 4. The molecule has 1 saturated heterocycles. The van der Waals surface area contributed by atoms with Gasteiger partial charge in [0, 0.05) is 35.5 Å². The van der Waals surface area contributed by atoms with E-state index in [9.17, 15) is 0 Å². The molecule has 2 aliphatic rings. The lowest BCUT2D eigenvalue weighted by Crippen LogP contribution is -2.44. The van der Waals surface area contributed by atoms with Crippen LogP contribution >= 0.6 is 0 Å². The highest BCUT2D eigenvalue weighted by molar-refractivity contribution is 5.92. The van der Waals surface area contributed by atoms with Gasteiger partial charge in [-0.3, -0.25) is 0 Å². The molecule has 1 saturated carbocycles. The van der Waals surface area contributed by atoms with Crippen molar-refractivity contribution in [2.75, 3.05) is 30.4 Å². The summed E-state index contributed by atoms with van der Waals surface area (Å²) in [5.41, 5.74) is 9.23. The molecule has 0 amide bonds. The van der Waals surface area contributed by atoms with E-state index in [1.54, 1.807) is 6.20 Å². The molecular weight excluding hydrogens is 328 g/mol. The van der Waals surface area contributed by atoms with E-state index >= 15 is 0 Å². The van der Waals surface area contributed by atoms with Crippen molar-refractivity contribution in [2.45, 2.75) is 31.7 Å². The van der Waals surface area contributed by atoms with Crippen LogP contribution < -0.4 is 10.6 Å². The van der Waals surface area contributed by atoms with Crippen LogP contribution in [0.15, 0.2) is 24.4 Å². The van der Waals surface area contributed by atoms with Crippen LogP contribution in [-0.2, 0) is 4.74 Å². The summed E-state index contributed by atoms with van der Waals surface area (Å²) in [6.07, 6.45) is 4.29. The topological polar surface area (TPSA) is 93.0 Å². The third-order valence-corrected chi connectivity index (χ3v) is 5.21. The lowest BCUT2D eigenvalue weighted by Gasteiger charge is -2.34. The number of H-pyrrole nitrogens is 1. The van der Waals surface area contributed by atoms with Crippen LogP contribution in [0.5, 0.6) is 0 Å². The normalized spacial score (nSPS) is 20.7. The van der Waals surface area contributed by atoms with Crippen LogP contribution in [0.3, 0.4) is 0 Å². The molecule has 1 unspecified atom stereocenters. The third-order valence-electron chi connectivity index (χ3n) is 5.21.